The van der Waals surface area contributed by atoms with E-state index in [1.54, 1.807) is 42.6 Å². The van der Waals surface area contributed by atoms with Gasteiger partial charge in [0.25, 0.3) is 11.8 Å². The van der Waals surface area contributed by atoms with E-state index in [0.29, 0.717) is 28.3 Å². The molecular weight excluding hydrogens is 346 g/mol. The highest BCUT2D eigenvalue weighted by Gasteiger charge is 2.10. The molecule has 3 aromatic rings. The lowest BCUT2D eigenvalue weighted by molar-refractivity contribution is 0.0949. The van der Waals surface area contributed by atoms with Crippen LogP contribution in [0.15, 0.2) is 78.0 Å². The van der Waals surface area contributed by atoms with Crippen molar-refractivity contribution in [3.05, 3.63) is 89.7 Å². The van der Waals surface area contributed by atoms with Crippen molar-refractivity contribution in [2.24, 2.45) is 0 Å². The summed E-state index contributed by atoms with van der Waals surface area (Å²) < 4.78 is 0. The fraction of sp³-hybridized carbons (Fsp3) is 0.0500. The number of nitrogens with one attached hydrogen (secondary N) is 2. The summed E-state index contributed by atoms with van der Waals surface area (Å²) in [5, 5.41) is 5.68. The number of aromatic nitrogens is 1. The largest absolute Gasteiger partial charge is 0.348 e. The van der Waals surface area contributed by atoms with Gasteiger partial charge in [-0.15, -0.1) is 12.6 Å². The predicted molar refractivity (Wildman–Crippen MR) is 103 cm³/mol. The zero-order valence-corrected chi connectivity index (χ0v) is 14.7. The molecule has 0 aliphatic heterocycles. The molecule has 0 aliphatic rings. The highest BCUT2D eigenvalue weighted by Crippen LogP contribution is 2.16. The van der Waals surface area contributed by atoms with Gasteiger partial charge in [0.2, 0.25) is 0 Å². The number of rotatable bonds is 5. The Morgan fingerprint density at radius 2 is 1.81 bits per heavy atom. The van der Waals surface area contributed by atoms with Crippen LogP contribution in [0.1, 0.15) is 26.3 Å². The molecule has 2 N–H and O–H groups in total. The molecule has 1 heterocycles. The van der Waals surface area contributed by atoms with Crippen LogP contribution in [0.5, 0.6) is 0 Å². The molecule has 0 spiro atoms. The summed E-state index contributed by atoms with van der Waals surface area (Å²) in [4.78, 5) is 29.0. The number of pyridine rings is 1. The van der Waals surface area contributed by atoms with Crippen molar-refractivity contribution in [3.8, 4) is 0 Å². The van der Waals surface area contributed by atoms with E-state index in [1.807, 2.05) is 24.3 Å². The number of hydrogen-bond acceptors (Lipinski definition) is 4. The Balaban J connectivity index is 1.64. The average molecular weight is 363 g/mol. The number of nitrogens with zero attached hydrogens (tertiary/aromatic N) is 1. The van der Waals surface area contributed by atoms with Gasteiger partial charge < -0.3 is 10.6 Å². The maximum absolute atomic E-state index is 12.4. The maximum Gasteiger partial charge on any atom is 0.256 e. The fourth-order valence-corrected chi connectivity index (χ4v) is 2.67. The Morgan fingerprint density at radius 3 is 2.58 bits per heavy atom. The minimum absolute atomic E-state index is 0.198. The summed E-state index contributed by atoms with van der Waals surface area (Å²) in [5.74, 6) is -0.427. The van der Waals surface area contributed by atoms with Crippen LogP contribution >= 0.6 is 12.6 Å². The van der Waals surface area contributed by atoms with Crippen LogP contribution in [0, 0.1) is 0 Å². The minimum Gasteiger partial charge on any atom is -0.348 e. The van der Waals surface area contributed by atoms with E-state index in [9.17, 15) is 9.59 Å². The third-order valence-corrected chi connectivity index (χ3v) is 4.10. The van der Waals surface area contributed by atoms with Gasteiger partial charge in [-0.05, 0) is 42.0 Å². The van der Waals surface area contributed by atoms with Crippen LogP contribution in [0.2, 0.25) is 0 Å². The summed E-state index contributed by atoms with van der Waals surface area (Å²) in [6, 6.07) is 17.8. The Kier molecular flexibility index (Phi) is 5.66. The summed E-state index contributed by atoms with van der Waals surface area (Å²) in [6.07, 6.45) is 3.13. The average Bonchev–Trinajstić information content (AvgIpc) is 2.67. The molecule has 26 heavy (non-hydrogen) atoms. The molecule has 2 amide bonds. The van der Waals surface area contributed by atoms with Gasteiger partial charge in [0.15, 0.2) is 0 Å². The summed E-state index contributed by atoms with van der Waals surface area (Å²) >= 11 is 4.30. The van der Waals surface area contributed by atoms with E-state index in [1.165, 1.54) is 6.20 Å². The van der Waals surface area contributed by atoms with E-state index in [4.69, 9.17) is 0 Å². The Hall–Kier alpha value is -3.12. The van der Waals surface area contributed by atoms with Crippen LogP contribution in [-0.4, -0.2) is 16.8 Å². The van der Waals surface area contributed by atoms with Crippen molar-refractivity contribution in [1.82, 2.24) is 10.3 Å². The van der Waals surface area contributed by atoms with E-state index < -0.39 is 0 Å². The molecule has 130 valence electrons. The fourth-order valence-electron chi connectivity index (χ4n) is 2.40. The second-order valence-corrected chi connectivity index (χ2v) is 6.08. The predicted octanol–water partition coefficient (Wildman–Crippen LogP) is 3.55. The molecule has 0 radical (unpaired) electrons. The molecule has 0 fully saturated rings. The molecule has 5 nitrogen and oxygen atoms in total. The van der Waals surface area contributed by atoms with Gasteiger partial charge in [-0.2, -0.15) is 0 Å². The quantitative estimate of drug-likeness (QED) is 0.607. The zero-order valence-electron chi connectivity index (χ0n) is 13.8. The van der Waals surface area contributed by atoms with Crippen molar-refractivity contribution in [1.29, 1.82) is 0 Å². The lowest BCUT2D eigenvalue weighted by Crippen LogP contribution is -2.23. The zero-order chi connectivity index (χ0) is 18.4. The van der Waals surface area contributed by atoms with E-state index in [0.717, 1.165) is 5.56 Å². The first-order valence-corrected chi connectivity index (χ1v) is 8.45. The molecule has 0 aliphatic carbocycles. The monoisotopic (exact) mass is 363 g/mol. The summed E-state index contributed by atoms with van der Waals surface area (Å²) in [7, 11) is 0. The second kappa shape index (κ2) is 8.31. The maximum atomic E-state index is 12.4. The van der Waals surface area contributed by atoms with Gasteiger partial charge in [-0.1, -0.05) is 24.3 Å². The molecule has 0 saturated carbocycles. The molecule has 2 aromatic carbocycles. The van der Waals surface area contributed by atoms with Gasteiger partial charge >= 0.3 is 0 Å². The second-order valence-electron chi connectivity index (χ2n) is 5.60. The number of hydrogen-bond donors (Lipinski definition) is 3. The molecule has 0 saturated heterocycles. The Morgan fingerprint density at radius 1 is 0.962 bits per heavy atom. The highest BCUT2D eigenvalue weighted by molar-refractivity contribution is 7.80. The van der Waals surface area contributed by atoms with Gasteiger partial charge in [-0.3, -0.25) is 14.6 Å². The molecule has 6 heteroatoms. The number of carbonyl (C=O) groups is 2. The molecule has 1 aromatic heterocycles. The number of amides is 2. The first-order chi connectivity index (χ1) is 12.6. The smallest absolute Gasteiger partial charge is 0.256 e. The lowest BCUT2D eigenvalue weighted by Gasteiger charge is -2.10. The summed E-state index contributed by atoms with van der Waals surface area (Å²) in [6.45, 7) is 0.348. The van der Waals surface area contributed by atoms with Gasteiger partial charge in [0, 0.05) is 29.5 Å². The van der Waals surface area contributed by atoms with Crippen LogP contribution < -0.4 is 10.6 Å². The molecule has 3 rings (SSSR count). The molecule has 0 unspecified atom stereocenters. The van der Waals surface area contributed by atoms with Gasteiger partial charge in [0.05, 0.1) is 11.1 Å². The lowest BCUT2D eigenvalue weighted by atomic mass is 10.1. The number of thiol groups is 1. The van der Waals surface area contributed by atoms with Crippen LogP contribution in [-0.2, 0) is 6.54 Å². The first-order valence-electron chi connectivity index (χ1n) is 8.00. The normalized spacial score (nSPS) is 10.2. The van der Waals surface area contributed by atoms with Crippen LogP contribution in [0.3, 0.4) is 0 Å². The van der Waals surface area contributed by atoms with E-state index in [-0.39, 0.29) is 11.8 Å². The first kappa shape index (κ1) is 17.7. The van der Waals surface area contributed by atoms with Crippen molar-refractivity contribution < 1.29 is 9.59 Å². The molecular formula is C20H17N3O2S. The highest BCUT2D eigenvalue weighted by atomic mass is 32.1. The number of benzene rings is 2. The minimum atomic E-state index is -0.229. The van der Waals surface area contributed by atoms with Crippen molar-refractivity contribution in [3.63, 3.8) is 0 Å². The van der Waals surface area contributed by atoms with Crippen LogP contribution in [0.4, 0.5) is 5.69 Å². The van der Waals surface area contributed by atoms with E-state index >= 15 is 0 Å². The number of anilines is 1. The standard InChI is InChI=1S/C20H17N3O2S/c24-19(15-6-4-10-21-13-15)22-12-14-5-3-7-16(11-14)23-20(25)17-8-1-2-9-18(17)26/h1-11,13,26H,12H2,(H,22,24)(H,23,25). The van der Waals surface area contributed by atoms with E-state index in [2.05, 4.69) is 28.2 Å². The van der Waals surface area contributed by atoms with Gasteiger partial charge in [0.1, 0.15) is 0 Å². The van der Waals surface area contributed by atoms with Crippen LogP contribution in [0.25, 0.3) is 0 Å². The van der Waals surface area contributed by atoms with Crippen molar-refractivity contribution >= 4 is 30.1 Å². The summed E-state index contributed by atoms with van der Waals surface area (Å²) in [5.41, 5.74) is 2.53. The number of carbonyl (C=O) groups excluding carboxylic acids is 2. The molecule has 0 atom stereocenters. The third kappa shape index (κ3) is 4.49. The Bertz CT molecular complexity index is 929. The third-order valence-electron chi connectivity index (χ3n) is 3.71. The van der Waals surface area contributed by atoms with Crippen molar-refractivity contribution in [2.45, 2.75) is 11.4 Å². The SMILES string of the molecule is O=C(NCc1cccc(NC(=O)c2ccccc2S)c1)c1cccnc1. The van der Waals surface area contributed by atoms with Gasteiger partial charge in [-0.25, -0.2) is 0 Å². The van der Waals surface area contributed by atoms with Crippen molar-refractivity contribution in [2.75, 3.05) is 5.32 Å². The topological polar surface area (TPSA) is 71.1 Å². The molecule has 0 bridgehead atoms. The Labute approximate surface area is 156 Å².